The summed E-state index contributed by atoms with van der Waals surface area (Å²) in [5, 5.41) is 1.18. The SMILES string of the molecule is CC.CC.Cc1cc(-c2ccccc2)c2cc(Br)ccc2n1. The zero-order valence-corrected chi connectivity index (χ0v) is 15.6. The maximum Gasteiger partial charge on any atom is 0.0712 e. The Bertz CT molecular complexity index is 705. The van der Waals surface area contributed by atoms with E-state index in [9.17, 15) is 0 Å². The van der Waals surface area contributed by atoms with E-state index in [1.54, 1.807) is 0 Å². The quantitative estimate of drug-likeness (QED) is 0.455. The van der Waals surface area contributed by atoms with Gasteiger partial charge in [-0.05, 0) is 42.3 Å². The maximum atomic E-state index is 4.58. The first-order valence-corrected chi connectivity index (χ1v) is 8.66. The van der Waals surface area contributed by atoms with Crippen molar-refractivity contribution >= 4 is 26.8 Å². The van der Waals surface area contributed by atoms with Gasteiger partial charge in [-0.15, -0.1) is 0 Å². The number of pyridine rings is 1. The van der Waals surface area contributed by atoms with Gasteiger partial charge in [-0.25, -0.2) is 0 Å². The minimum atomic E-state index is 1.04. The number of hydrogen-bond donors (Lipinski definition) is 0. The number of aromatic nitrogens is 1. The summed E-state index contributed by atoms with van der Waals surface area (Å²) in [5.74, 6) is 0. The first-order chi connectivity index (χ1) is 10.7. The average molecular weight is 358 g/mol. The molecule has 0 saturated carbocycles. The van der Waals surface area contributed by atoms with Crippen molar-refractivity contribution in [2.45, 2.75) is 34.6 Å². The fourth-order valence-corrected chi connectivity index (χ4v) is 2.55. The van der Waals surface area contributed by atoms with Crippen molar-refractivity contribution in [2.24, 2.45) is 0 Å². The summed E-state index contributed by atoms with van der Waals surface area (Å²) in [6.45, 7) is 10.0. The van der Waals surface area contributed by atoms with Gasteiger partial charge in [-0.1, -0.05) is 74.0 Å². The molecule has 22 heavy (non-hydrogen) atoms. The highest BCUT2D eigenvalue weighted by Gasteiger charge is 2.06. The number of rotatable bonds is 1. The normalized spacial score (nSPS) is 9.36. The minimum absolute atomic E-state index is 1.04. The van der Waals surface area contributed by atoms with Crippen LogP contribution in [0.3, 0.4) is 0 Å². The average Bonchev–Trinajstić information content (AvgIpc) is 2.59. The van der Waals surface area contributed by atoms with Crippen LogP contribution in [-0.4, -0.2) is 4.98 Å². The third-order valence-corrected chi connectivity index (χ3v) is 3.48. The summed E-state index contributed by atoms with van der Waals surface area (Å²) in [7, 11) is 0. The van der Waals surface area contributed by atoms with Gasteiger partial charge in [-0.2, -0.15) is 0 Å². The molecule has 2 heteroatoms. The molecule has 1 aromatic heterocycles. The highest BCUT2D eigenvalue weighted by atomic mass is 79.9. The van der Waals surface area contributed by atoms with Gasteiger partial charge in [0.1, 0.15) is 0 Å². The second kappa shape index (κ2) is 9.37. The zero-order chi connectivity index (χ0) is 16.5. The topological polar surface area (TPSA) is 12.9 Å². The van der Waals surface area contributed by atoms with Gasteiger partial charge in [0.2, 0.25) is 0 Å². The summed E-state index contributed by atoms with van der Waals surface area (Å²) in [5.41, 5.74) is 4.55. The first-order valence-electron chi connectivity index (χ1n) is 7.86. The van der Waals surface area contributed by atoms with Gasteiger partial charge in [-0.3, -0.25) is 4.98 Å². The Kier molecular flexibility index (Phi) is 7.83. The summed E-state index contributed by atoms with van der Waals surface area (Å²) in [6.07, 6.45) is 0. The largest absolute Gasteiger partial charge is 0.253 e. The van der Waals surface area contributed by atoms with Crippen molar-refractivity contribution in [1.29, 1.82) is 0 Å². The molecule has 1 nitrogen and oxygen atoms in total. The van der Waals surface area contributed by atoms with Gasteiger partial charge >= 0.3 is 0 Å². The molecule has 0 amide bonds. The number of halogens is 1. The van der Waals surface area contributed by atoms with E-state index < -0.39 is 0 Å². The van der Waals surface area contributed by atoms with Crippen molar-refractivity contribution in [1.82, 2.24) is 4.98 Å². The second-order valence-electron chi connectivity index (χ2n) is 4.34. The van der Waals surface area contributed by atoms with Gasteiger partial charge in [0, 0.05) is 15.6 Å². The molecule has 3 rings (SSSR count). The Morgan fingerprint density at radius 3 is 2.09 bits per heavy atom. The van der Waals surface area contributed by atoms with E-state index in [0.29, 0.717) is 0 Å². The highest BCUT2D eigenvalue weighted by Crippen LogP contribution is 2.30. The molecule has 0 bridgehead atoms. The van der Waals surface area contributed by atoms with E-state index in [-0.39, 0.29) is 0 Å². The number of benzene rings is 2. The minimum Gasteiger partial charge on any atom is -0.253 e. The lowest BCUT2D eigenvalue weighted by Crippen LogP contribution is -1.88. The molecule has 0 spiro atoms. The van der Waals surface area contributed by atoms with Crippen LogP contribution in [-0.2, 0) is 0 Å². The van der Waals surface area contributed by atoms with Crippen LogP contribution < -0.4 is 0 Å². The number of hydrogen-bond acceptors (Lipinski definition) is 1. The fraction of sp³-hybridized carbons (Fsp3) is 0.250. The molecule has 0 saturated heterocycles. The van der Waals surface area contributed by atoms with E-state index in [4.69, 9.17) is 0 Å². The smallest absolute Gasteiger partial charge is 0.0712 e. The molecular weight excluding hydrogens is 334 g/mol. The van der Waals surface area contributed by atoms with E-state index >= 15 is 0 Å². The first kappa shape index (κ1) is 18.4. The van der Waals surface area contributed by atoms with Gasteiger partial charge in [0.05, 0.1) is 5.52 Å². The molecule has 1 heterocycles. The maximum absolute atomic E-state index is 4.58. The van der Waals surface area contributed by atoms with Gasteiger partial charge in [0.25, 0.3) is 0 Å². The lowest BCUT2D eigenvalue weighted by Gasteiger charge is -2.08. The third kappa shape index (κ3) is 4.41. The molecule has 3 aromatic rings. The van der Waals surface area contributed by atoms with Crippen LogP contribution >= 0.6 is 15.9 Å². The lowest BCUT2D eigenvalue weighted by molar-refractivity contribution is 1.26. The Balaban J connectivity index is 0.000000561. The standard InChI is InChI=1S/C16H12BrN.2C2H6/c1-11-9-14(12-5-3-2-4-6-12)15-10-13(17)7-8-16(15)18-11;2*1-2/h2-10H,1H3;2*1-2H3. The van der Waals surface area contributed by atoms with Crippen LogP contribution in [0.2, 0.25) is 0 Å². The predicted molar refractivity (Wildman–Crippen MR) is 102 cm³/mol. The van der Waals surface area contributed by atoms with Crippen molar-refractivity contribution in [2.75, 3.05) is 0 Å². The monoisotopic (exact) mass is 357 g/mol. The molecule has 0 radical (unpaired) electrons. The fourth-order valence-electron chi connectivity index (χ4n) is 2.19. The molecule has 0 unspecified atom stereocenters. The van der Waals surface area contributed by atoms with Crippen LogP contribution in [0.25, 0.3) is 22.0 Å². The summed E-state index contributed by atoms with van der Waals surface area (Å²) >= 11 is 3.53. The molecule has 116 valence electrons. The Morgan fingerprint density at radius 1 is 0.818 bits per heavy atom. The Hall–Kier alpha value is -1.67. The number of nitrogens with zero attached hydrogens (tertiary/aromatic N) is 1. The second-order valence-corrected chi connectivity index (χ2v) is 5.25. The Morgan fingerprint density at radius 2 is 1.45 bits per heavy atom. The van der Waals surface area contributed by atoms with E-state index in [2.05, 4.69) is 63.4 Å². The van der Waals surface area contributed by atoms with E-state index in [1.807, 2.05) is 46.8 Å². The molecule has 0 aliphatic heterocycles. The lowest BCUT2D eigenvalue weighted by atomic mass is 10.0. The molecule has 0 atom stereocenters. The molecule has 0 N–H and O–H groups in total. The summed E-state index contributed by atoms with van der Waals surface area (Å²) < 4.78 is 1.08. The van der Waals surface area contributed by atoms with Crippen LogP contribution in [0.15, 0.2) is 59.1 Å². The van der Waals surface area contributed by atoms with Crippen LogP contribution in [0.4, 0.5) is 0 Å². The number of fused-ring (bicyclic) bond motifs is 1. The zero-order valence-electron chi connectivity index (χ0n) is 14.0. The third-order valence-electron chi connectivity index (χ3n) is 2.98. The highest BCUT2D eigenvalue weighted by molar-refractivity contribution is 9.10. The van der Waals surface area contributed by atoms with E-state index in [1.165, 1.54) is 16.5 Å². The van der Waals surface area contributed by atoms with Crippen molar-refractivity contribution < 1.29 is 0 Å². The molecular formula is C20H24BrN. The van der Waals surface area contributed by atoms with E-state index in [0.717, 1.165) is 15.7 Å². The molecule has 0 fully saturated rings. The van der Waals surface area contributed by atoms with Crippen LogP contribution in [0, 0.1) is 6.92 Å². The van der Waals surface area contributed by atoms with Gasteiger partial charge in [0.15, 0.2) is 0 Å². The number of aryl methyl sites for hydroxylation is 1. The predicted octanol–water partition coefficient (Wildman–Crippen LogP) is 7.03. The van der Waals surface area contributed by atoms with Gasteiger partial charge < -0.3 is 0 Å². The van der Waals surface area contributed by atoms with Crippen molar-refractivity contribution in [3.8, 4) is 11.1 Å². The summed E-state index contributed by atoms with van der Waals surface area (Å²) in [4.78, 5) is 4.58. The molecule has 0 aliphatic carbocycles. The molecule has 0 aliphatic rings. The molecule has 2 aromatic carbocycles. The van der Waals surface area contributed by atoms with Crippen molar-refractivity contribution in [3.63, 3.8) is 0 Å². The summed E-state index contributed by atoms with van der Waals surface area (Å²) in [6, 6.07) is 18.8. The van der Waals surface area contributed by atoms with Crippen LogP contribution in [0.5, 0.6) is 0 Å². The van der Waals surface area contributed by atoms with Crippen molar-refractivity contribution in [3.05, 3.63) is 64.8 Å². The van der Waals surface area contributed by atoms with Crippen LogP contribution in [0.1, 0.15) is 33.4 Å². The Labute approximate surface area is 142 Å².